The summed E-state index contributed by atoms with van der Waals surface area (Å²) in [5.41, 5.74) is 2.56. The number of piperazine rings is 1. The van der Waals surface area contributed by atoms with Gasteiger partial charge in [-0.1, -0.05) is 6.07 Å². The summed E-state index contributed by atoms with van der Waals surface area (Å²) < 4.78 is 1.90. The zero-order chi connectivity index (χ0) is 13.7. The lowest BCUT2D eigenvalue weighted by molar-refractivity contribution is 0.0683. The number of nitrogens with zero attached hydrogens (tertiary/aromatic N) is 3. The van der Waals surface area contributed by atoms with Gasteiger partial charge in [-0.2, -0.15) is 0 Å². The van der Waals surface area contributed by atoms with E-state index < -0.39 is 0 Å². The van der Waals surface area contributed by atoms with Crippen molar-refractivity contribution < 1.29 is 4.79 Å². The van der Waals surface area contributed by atoms with Gasteiger partial charge in [0.25, 0.3) is 5.91 Å². The third-order valence-electron chi connectivity index (χ3n) is 4.42. The maximum atomic E-state index is 12.8. The van der Waals surface area contributed by atoms with Crippen LogP contribution in [0.15, 0.2) is 24.4 Å². The summed E-state index contributed by atoms with van der Waals surface area (Å²) in [6, 6.07) is 5.81. The van der Waals surface area contributed by atoms with Gasteiger partial charge in [-0.05, 0) is 31.9 Å². The van der Waals surface area contributed by atoms with E-state index >= 15 is 0 Å². The van der Waals surface area contributed by atoms with E-state index in [0.717, 1.165) is 31.0 Å². The maximum Gasteiger partial charge on any atom is 0.272 e. The normalized spacial score (nSPS) is 20.6. The lowest BCUT2D eigenvalue weighted by Crippen LogP contribution is -2.54. The predicted molar refractivity (Wildman–Crippen MR) is 75.8 cm³/mol. The Morgan fingerprint density at radius 3 is 3.05 bits per heavy atom. The van der Waals surface area contributed by atoms with Crippen LogP contribution < -0.4 is 5.32 Å². The van der Waals surface area contributed by atoms with Crippen LogP contribution >= 0.6 is 0 Å². The van der Waals surface area contributed by atoms with E-state index in [1.165, 1.54) is 12.8 Å². The van der Waals surface area contributed by atoms with Gasteiger partial charge in [0.15, 0.2) is 0 Å². The number of amides is 1. The summed E-state index contributed by atoms with van der Waals surface area (Å²) in [5.74, 6) is 0.106. The number of hydrogen-bond acceptors (Lipinski definition) is 3. The van der Waals surface area contributed by atoms with Gasteiger partial charge in [-0.25, -0.2) is 4.98 Å². The molecule has 2 aromatic heterocycles. The first-order valence-electron chi connectivity index (χ1n) is 7.17. The summed E-state index contributed by atoms with van der Waals surface area (Å²) in [6.45, 7) is 4.41. The van der Waals surface area contributed by atoms with Crippen molar-refractivity contribution in [3.8, 4) is 0 Å². The molecular weight excluding hydrogens is 252 g/mol. The number of rotatable bonds is 1. The van der Waals surface area contributed by atoms with Crippen LogP contribution in [0.3, 0.4) is 0 Å². The lowest BCUT2D eigenvalue weighted by atomic mass is 10.1. The van der Waals surface area contributed by atoms with Crippen LogP contribution in [0.25, 0.3) is 5.65 Å². The van der Waals surface area contributed by atoms with Crippen molar-refractivity contribution >= 4 is 11.6 Å². The fraction of sp³-hybridized carbons (Fsp3) is 0.467. The number of imidazole rings is 1. The van der Waals surface area contributed by atoms with Gasteiger partial charge in [-0.3, -0.25) is 9.20 Å². The number of hydrogen-bond donors (Lipinski definition) is 1. The second kappa shape index (κ2) is 4.06. The summed E-state index contributed by atoms with van der Waals surface area (Å²) in [4.78, 5) is 19.3. The Kier molecular flexibility index (Phi) is 2.41. The summed E-state index contributed by atoms with van der Waals surface area (Å²) in [6.07, 6.45) is 4.28. The fourth-order valence-corrected chi connectivity index (χ4v) is 3.14. The van der Waals surface area contributed by atoms with Gasteiger partial charge < -0.3 is 10.2 Å². The Morgan fingerprint density at radius 2 is 2.25 bits per heavy atom. The minimum atomic E-state index is 0.106. The van der Waals surface area contributed by atoms with Crippen molar-refractivity contribution in [3.63, 3.8) is 0 Å². The standard InChI is InChI=1S/C15H18N4O/c1-11-13(19-8-3-2-4-12(19)17-11)14(20)18-9-7-16-15(10-18)5-6-15/h2-4,8,16H,5-7,9-10H2,1H3. The summed E-state index contributed by atoms with van der Waals surface area (Å²) in [7, 11) is 0. The van der Waals surface area contributed by atoms with Crippen molar-refractivity contribution in [1.82, 2.24) is 19.6 Å². The Bertz CT molecular complexity index is 686. The molecule has 0 aromatic carbocycles. The van der Waals surface area contributed by atoms with E-state index in [9.17, 15) is 4.79 Å². The number of carbonyl (C=O) groups excluding carboxylic acids is 1. The molecule has 0 atom stereocenters. The Morgan fingerprint density at radius 1 is 1.40 bits per heavy atom. The Balaban J connectivity index is 1.71. The van der Waals surface area contributed by atoms with Gasteiger partial charge in [0, 0.05) is 31.4 Å². The minimum Gasteiger partial charge on any atom is -0.334 e. The van der Waals surface area contributed by atoms with Crippen molar-refractivity contribution in [2.24, 2.45) is 0 Å². The first-order chi connectivity index (χ1) is 9.69. The highest BCUT2D eigenvalue weighted by Crippen LogP contribution is 2.37. The van der Waals surface area contributed by atoms with Crippen molar-refractivity contribution in [1.29, 1.82) is 0 Å². The van der Waals surface area contributed by atoms with Gasteiger partial charge in [0.2, 0.25) is 0 Å². The van der Waals surface area contributed by atoms with Crippen LogP contribution in [0.4, 0.5) is 0 Å². The molecule has 0 unspecified atom stereocenters. The topological polar surface area (TPSA) is 49.6 Å². The van der Waals surface area contributed by atoms with E-state index in [1.54, 1.807) is 0 Å². The number of nitrogens with one attached hydrogen (secondary N) is 1. The summed E-state index contributed by atoms with van der Waals surface area (Å²) >= 11 is 0. The minimum absolute atomic E-state index is 0.106. The molecule has 5 heteroatoms. The first kappa shape index (κ1) is 11.9. The molecule has 2 aromatic rings. The third kappa shape index (κ3) is 1.73. The highest BCUT2D eigenvalue weighted by molar-refractivity contribution is 5.94. The lowest BCUT2D eigenvalue weighted by Gasteiger charge is -2.34. The molecule has 1 N–H and O–H groups in total. The van der Waals surface area contributed by atoms with Crippen molar-refractivity contribution in [2.45, 2.75) is 25.3 Å². The molecule has 1 aliphatic heterocycles. The summed E-state index contributed by atoms with van der Waals surface area (Å²) in [5, 5.41) is 3.54. The van der Waals surface area contributed by atoms with Gasteiger partial charge in [0.05, 0.1) is 5.69 Å². The quantitative estimate of drug-likeness (QED) is 0.847. The van der Waals surface area contributed by atoms with Crippen LogP contribution in [-0.2, 0) is 0 Å². The van der Waals surface area contributed by atoms with Gasteiger partial charge >= 0.3 is 0 Å². The molecule has 2 fully saturated rings. The highest BCUT2D eigenvalue weighted by atomic mass is 16.2. The maximum absolute atomic E-state index is 12.8. The molecular formula is C15H18N4O. The molecule has 1 amide bonds. The molecule has 104 valence electrons. The molecule has 20 heavy (non-hydrogen) atoms. The van der Waals surface area contributed by atoms with E-state index in [2.05, 4.69) is 10.3 Å². The number of carbonyl (C=O) groups is 1. The van der Waals surface area contributed by atoms with E-state index in [4.69, 9.17) is 0 Å². The molecule has 3 heterocycles. The molecule has 1 saturated carbocycles. The van der Waals surface area contributed by atoms with Crippen LogP contribution in [0, 0.1) is 6.92 Å². The Hall–Kier alpha value is -1.88. The second-order valence-electron chi connectivity index (χ2n) is 5.91. The molecule has 1 saturated heterocycles. The number of fused-ring (bicyclic) bond motifs is 1. The van der Waals surface area contributed by atoms with E-state index in [0.29, 0.717) is 5.69 Å². The fourth-order valence-electron chi connectivity index (χ4n) is 3.14. The second-order valence-corrected chi connectivity index (χ2v) is 5.91. The number of aromatic nitrogens is 2. The van der Waals surface area contributed by atoms with E-state index in [1.807, 2.05) is 40.6 Å². The molecule has 4 rings (SSSR count). The Labute approximate surface area is 117 Å². The molecule has 1 aliphatic carbocycles. The van der Waals surface area contributed by atoms with Crippen LogP contribution in [0.1, 0.15) is 29.0 Å². The smallest absolute Gasteiger partial charge is 0.272 e. The van der Waals surface area contributed by atoms with Crippen molar-refractivity contribution in [3.05, 3.63) is 35.8 Å². The molecule has 1 spiro atoms. The molecule has 0 radical (unpaired) electrons. The van der Waals surface area contributed by atoms with Crippen LogP contribution in [0.5, 0.6) is 0 Å². The van der Waals surface area contributed by atoms with Gasteiger partial charge in [0.1, 0.15) is 11.3 Å². The average Bonchev–Trinajstić information content (AvgIpc) is 3.10. The predicted octanol–water partition coefficient (Wildman–Crippen LogP) is 1.22. The highest BCUT2D eigenvalue weighted by Gasteiger charge is 2.46. The zero-order valence-electron chi connectivity index (χ0n) is 11.6. The number of pyridine rings is 1. The molecule has 2 aliphatic rings. The molecule has 5 nitrogen and oxygen atoms in total. The van der Waals surface area contributed by atoms with Crippen LogP contribution in [-0.4, -0.2) is 45.4 Å². The monoisotopic (exact) mass is 270 g/mol. The average molecular weight is 270 g/mol. The van der Waals surface area contributed by atoms with Gasteiger partial charge in [-0.15, -0.1) is 0 Å². The van der Waals surface area contributed by atoms with E-state index in [-0.39, 0.29) is 11.4 Å². The molecule has 0 bridgehead atoms. The number of aryl methyl sites for hydroxylation is 1. The van der Waals surface area contributed by atoms with Crippen molar-refractivity contribution in [2.75, 3.05) is 19.6 Å². The third-order valence-corrected chi connectivity index (χ3v) is 4.42. The largest absolute Gasteiger partial charge is 0.334 e. The first-order valence-corrected chi connectivity index (χ1v) is 7.17. The zero-order valence-corrected chi connectivity index (χ0v) is 11.6. The SMILES string of the molecule is Cc1nc2ccccn2c1C(=O)N1CCNC2(CC2)C1. The van der Waals surface area contributed by atoms with Crippen LogP contribution in [0.2, 0.25) is 0 Å².